The number of pyridine rings is 1. The van der Waals surface area contributed by atoms with Gasteiger partial charge in [-0.15, -0.1) is 0 Å². The van der Waals surface area contributed by atoms with Crippen LogP contribution < -0.4 is 14.2 Å². The van der Waals surface area contributed by atoms with E-state index >= 15 is 0 Å². The van der Waals surface area contributed by atoms with Crippen LogP contribution >= 0.6 is 0 Å². The molecule has 2 saturated carbocycles. The molecular weight excluding hydrogens is 508 g/mol. The average Bonchev–Trinajstić information content (AvgIpc) is 3.58. The highest BCUT2D eigenvalue weighted by Gasteiger charge is 2.51. The van der Waals surface area contributed by atoms with Gasteiger partial charge in [0, 0.05) is 49.3 Å². The molecule has 3 aromatic rings. The fourth-order valence-electron chi connectivity index (χ4n) is 6.05. The first-order valence-corrected chi connectivity index (χ1v) is 13.5. The first-order chi connectivity index (χ1) is 18.8. The van der Waals surface area contributed by atoms with E-state index in [0.717, 1.165) is 51.7 Å². The Hall–Kier alpha value is -3.24. The van der Waals surface area contributed by atoms with Crippen LogP contribution in [0.15, 0.2) is 36.7 Å². The van der Waals surface area contributed by atoms with Crippen molar-refractivity contribution in [3.8, 4) is 28.5 Å². The molecule has 39 heavy (non-hydrogen) atoms. The number of ketones is 1. The van der Waals surface area contributed by atoms with E-state index in [0.29, 0.717) is 40.6 Å². The zero-order valence-electron chi connectivity index (χ0n) is 21.9. The van der Waals surface area contributed by atoms with E-state index in [1.54, 1.807) is 12.3 Å². The van der Waals surface area contributed by atoms with Crippen LogP contribution in [0.4, 0.5) is 8.78 Å². The maximum Gasteiger partial charge on any atom is 0.387 e. The monoisotopic (exact) mass is 541 g/mol. The van der Waals surface area contributed by atoms with Crippen LogP contribution in [0.5, 0.6) is 17.2 Å². The number of ether oxygens (including phenoxy) is 3. The van der Waals surface area contributed by atoms with Crippen LogP contribution in [-0.4, -0.2) is 71.2 Å². The van der Waals surface area contributed by atoms with E-state index in [4.69, 9.17) is 14.2 Å². The van der Waals surface area contributed by atoms with E-state index in [1.807, 2.05) is 22.7 Å². The molecule has 3 aliphatic rings. The molecule has 8 nitrogen and oxygen atoms in total. The third-order valence-electron chi connectivity index (χ3n) is 8.07. The van der Waals surface area contributed by atoms with Crippen LogP contribution in [0.25, 0.3) is 16.9 Å². The molecular formula is C29H33F2N3O5. The zero-order chi connectivity index (χ0) is 27.1. The Morgan fingerprint density at radius 3 is 2.67 bits per heavy atom. The standard InChI is InChI=1S/C29H33F2N3O5/c1-37-24-10-19(11-25(39-28(30)31)27(24)23(36)9-18-3-4-18)22-15-32-26-12-21(5-7-34(22)26)38-8-2-6-33-16-29(17-33)13-20(35)14-29/h5,7,10-12,15,18,20,28,35H,2-4,6,8-9,13-14,16-17H2,1H3. The number of carbonyl (C=O) groups is 1. The van der Waals surface area contributed by atoms with Gasteiger partial charge in [-0.25, -0.2) is 4.98 Å². The smallest absolute Gasteiger partial charge is 0.387 e. The number of alkyl halides is 2. The van der Waals surface area contributed by atoms with Crippen molar-refractivity contribution < 1.29 is 32.9 Å². The SMILES string of the molecule is COc1cc(-c2cnc3cc(OCCCN4CC5(CC(O)C5)C4)ccn23)cc(OC(F)F)c1C(=O)CC1CC1. The summed E-state index contributed by atoms with van der Waals surface area (Å²) in [6.07, 6.45) is 8.35. The van der Waals surface area contributed by atoms with Gasteiger partial charge in [0.1, 0.15) is 28.5 Å². The van der Waals surface area contributed by atoms with Crippen molar-refractivity contribution in [2.45, 2.75) is 51.2 Å². The Balaban J connectivity index is 1.14. The predicted molar refractivity (Wildman–Crippen MR) is 140 cm³/mol. The summed E-state index contributed by atoms with van der Waals surface area (Å²) in [7, 11) is 1.41. The van der Waals surface area contributed by atoms with E-state index in [-0.39, 0.29) is 35.4 Å². The van der Waals surface area contributed by atoms with Gasteiger partial charge < -0.3 is 24.2 Å². The minimum absolute atomic E-state index is 0.0524. The van der Waals surface area contributed by atoms with Gasteiger partial charge in [0.05, 0.1) is 31.7 Å². The molecule has 3 heterocycles. The number of rotatable bonds is 12. The lowest BCUT2D eigenvalue weighted by Gasteiger charge is -2.58. The van der Waals surface area contributed by atoms with Crippen LogP contribution in [0.3, 0.4) is 0 Å². The van der Waals surface area contributed by atoms with Crippen molar-refractivity contribution in [1.82, 2.24) is 14.3 Å². The lowest BCUT2D eigenvalue weighted by Crippen LogP contribution is -2.63. The second-order valence-corrected chi connectivity index (χ2v) is 11.2. The number of imidazole rings is 1. The highest BCUT2D eigenvalue weighted by Crippen LogP contribution is 2.48. The van der Waals surface area contributed by atoms with Gasteiger partial charge in [-0.1, -0.05) is 0 Å². The van der Waals surface area contributed by atoms with Gasteiger partial charge in [-0.2, -0.15) is 8.78 Å². The molecule has 0 unspecified atom stereocenters. The number of halogens is 2. The summed E-state index contributed by atoms with van der Waals surface area (Å²) < 4.78 is 44.6. The van der Waals surface area contributed by atoms with E-state index in [2.05, 4.69) is 9.88 Å². The molecule has 2 aromatic heterocycles. The number of nitrogens with zero attached hydrogens (tertiary/aromatic N) is 3. The van der Waals surface area contributed by atoms with Crippen LogP contribution in [0.1, 0.15) is 48.9 Å². The predicted octanol–water partition coefficient (Wildman–Crippen LogP) is 4.82. The normalized spacial score (nSPS) is 18.8. The van der Waals surface area contributed by atoms with E-state index in [1.165, 1.54) is 13.2 Å². The number of hydrogen-bond donors (Lipinski definition) is 1. The molecule has 10 heteroatoms. The number of methoxy groups -OCH3 is 1. The van der Waals surface area contributed by atoms with Crippen molar-refractivity contribution in [3.63, 3.8) is 0 Å². The molecule has 0 atom stereocenters. The number of aliphatic hydroxyl groups excluding tert-OH is 1. The molecule has 1 spiro atoms. The molecule has 1 N–H and O–H groups in total. The molecule has 1 aliphatic heterocycles. The summed E-state index contributed by atoms with van der Waals surface area (Å²) in [6.45, 7) is 0.608. The second-order valence-electron chi connectivity index (χ2n) is 11.2. The number of Topliss-reactive ketones (excluding diaryl/α,β-unsaturated/α-hetero) is 1. The van der Waals surface area contributed by atoms with Gasteiger partial charge in [0.25, 0.3) is 0 Å². The Bertz CT molecular complexity index is 1360. The maximum absolute atomic E-state index is 13.3. The number of aliphatic hydroxyl groups is 1. The molecule has 1 saturated heterocycles. The average molecular weight is 542 g/mol. The fourth-order valence-corrected chi connectivity index (χ4v) is 6.05. The number of likely N-dealkylation sites (tertiary alicyclic amines) is 1. The molecule has 0 amide bonds. The molecule has 0 bridgehead atoms. The fraction of sp³-hybridized carbons (Fsp3) is 0.517. The minimum Gasteiger partial charge on any atom is -0.496 e. The molecule has 2 aliphatic carbocycles. The van der Waals surface area contributed by atoms with Crippen LogP contribution in [0, 0.1) is 11.3 Å². The molecule has 1 aromatic carbocycles. The summed E-state index contributed by atoms with van der Waals surface area (Å²) in [5, 5.41) is 9.55. The van der Waals surface area contributed by atoms with Crippen molar-refractivity contribution in [2.24, 2.45) is 11.3 Å². The van der Waals surface area contributed by atoms with Crippen LogP contribution in [0.2, 0.25) is 0 Å². The molecule has 3 fully saturated rings. The minimum atomic E-state index is -3.08. The third kappa shape index (κ3) is 5.45. The Labute approximate surface area is 225 Å². The maximum atomic E-state index is 13.3. The molecule has 0 radical (unpaired) electrons. The quantitative estimate of drug-likeness (QED) is 0.260. The topological polar surface area (TPSA) is 85.5 Å². The Morgan fingerprint density at radius 2 is 1.97 bits per heavy atom. The number of benzene rings is 1. The second kappa shape index (κ2) is 10.4. The molecule has 6 rings (SSSR count). The highest BCUT2D eigenvalue weighted by atomic mass is 19.3. The third-order valence-corrected chi connectivity index (χ3v) is 8.07. The van der Waals surface area contributed by atoms with Crippen LogP contribution in [-0.2, 0) is 0 Å². The number of aromatic nitrogens is 2. The number of hydrogen-bond acceptors (Lipinski definition) is 7. The number of carbonyl (C=O) groups excluding carboxylic acids is 1. The summed E-state index contributed by atoms with van der Waals surface area (Å²) >= 11 is 0. The largest absolute Gasteiger partial charge is 0.496 e. The van der Waals surface area contributed by atoms with Gasteiger partial charge in [-0.3, -0.25) is 9.20 Å². The summed E-state index contributed by atoms with van der Waals surface area (Å²) in [6, 6.07) is 6.79. The molecule has 208 valence electrons. The van der Waals surface area contributed by atoms with Gasteiger partial charge >= 0.3 is 6.61 Å². The van der Waals surface area contributed by atoms with E-state index in [9.17, 15) is 18.7 Å². The van der Waals surface area contributed by atoms with Crippen molar-refractivity contribution >= 4 is 11.4 Å². The number of fused-ring (bicyclic) bond motifs is 1. The van der Waals surface area contributed by atoms with E-state index < -0.39 is 6.61 Å². The Kier molecular flexibility index (Phi) is 6.93. The van der Waals surface area contributed by atoms with Gasteiger partial charge in [0.15, 0.2) is 5.78 Å². The first kappa shape index (κ1) is 26.0. The lowest BCUT2D eigenvalue weighted by molar-refractivity contribution is -0.128. The van der Waals surface area contributed by atoms with Crippen molar-refractivity contribution in [1.29, 1.82) is 0 Å². The first-order valence-electron chi connectivity index (χ1n) is 13.5. The van der Waals surface area contributed by atoms with Crippen molar-refractivity contribution in [2.75, 3.05) is 33.4 Å². The summed E-state index contributed by atoms with van der Waals surface area (Å²) in [5.74, 6) is 0.738. The zero-order valence-corrected chi connectivity index (χ0v) is 21.9. The van der Waals surface area contributed by atoms with Gasteiger partial charge in [-0.05, 0) is 56.2 Å². The lowest BCUT2D eigenvalue weighted by atomic mass is 9.62. The van der Waals surface area contributed by atoms with Crippen molar-refractivity contribution in [3.05, 3.63) is 42.2 Å². The highest BCUT2D eigenvalue weighted by molar-refractivity contribution is 6.02. The Morgan fingerprint density at radius 1 is 1.21 bits per heavy atom. The van der Waals surface area contributed by atoms with Gasteiger partial charge in [0.2, 0.25) is 0 Å². The summed E-state index contributed by atoms with van der Waals surface area (Å²) in [4.78, 5) is 19.8. The summed E-state index contributed by atoms with van der Waals surface area (Å²) in [5.41, 5.74) is 2.24.